The average molecular weight is 697 g/mol. The Morgan fingerprint density at radius 3 is 2.31 bits per heavy atom. The van der Waals surface area contributed by atoms with E-state index in [0.29, 0.717) is 50.0 Å². The van der Waals surface area contributed by atoms with Crippen LogP contribution < -0.4 is 9.64 Å². The van der Waals surface area contributed by atoms with Crippen LogP contribution in [0.4, 0.5) is 10.6 Å². The summed E-state index contributed by atoms with van der Waals surface area (Å²) in [4.78, 5) is 41.0. The van der Waals surface area contributed by atoms with Gasteiger partial charge in [-0.1, -0.05) is 39.8 Å². The molecule has 8 rings (SSSR count). The molecule has 1 aromatic carbocycles. The molecular formula is C42H56N4O5. The van der Waals surface area contributed by atoms with Gasteiger partial charge in [-0.15, -0.1) is 0 Å². The number of ether oxygens (including phenoxy) is 2. The fraction of sp³-hybridized carbons (Fsp3) is 0.619. The monoisotopic (exact) mass is 696 g/mol. The molecule has 4 aliphatic carbocycles. The normalized spacial score (nSPS) is 27.5. The third kappa shape index (κ3) is 7.02. The highest BCUT2D eigenvalue weighted by atomic mass is 16.6. The summed E-state index contributed by atoms with van der Waals surface area (Å²) in [6.07, 6.45) is 14.6. The fourth-order valence-corrected chi connectivity index (χ4v) is 9.19. The Balaban J connectivity index is 1.10. The highest BCUT2D eigenvalue weighted by Crippen LogP contribution is 2.58. The van der Waals surface area contributed by atoms with Gasteiger partial charge in [0.2, 0.25) is 5.91 Å². The molecule has 2 aromatic heterocycles. The van der Waals surface area contributed by atoms with Gasteiger partial charge in [-0.2, -0.15) is 0 Å². The molecule has 9 nitrogen and oxygen atoms in total. The van der Waals surface area contributed by atoms with E-state index in [1.54, 1.807) is 19.6 Å². The van der Waals surface area contributed by atoms with Gasteiger partial charge in [-0.25, -0.2) is 14.8 Å². The highest BCUT2D eigenvalue weighted by Gasteiger charge is 2.51. The zero-order valence-corrected chi connectivity index (χ0v) is 31.5. The molecule has 1 saturated heterocycles. The predicted molar refractivity (Wildman–Crippen MR) is 198 cm³/mol. The Morgan fingerprint density at radius 2 is 1.73 bits per heavy atom. The number of carbonyl (C=O) groups excluding carboxylic acids is 2. The second-order valence-corrected chi connectivity index (χ2v) is 17.0. The molecule has 0 spiro atoms. The van der Waals surface area contributed by atoms with Crippen LogP contribution in [0.3, 0.4) is 0 Å². The highest BCUT2D eigenvalue weighted by molar-refractivity contribution is 5.95. The summed E-state index contributed by atoms with van der Waals surface area (Å²) in [5.41, 5.74) is 4.27. The number of pyridine rings is 1. The number of aryl methyl sites for hydroxylation is 1. The first-order valence-electron chi connectivity index (χ1n) is 19.3. The molecule has 0 radical (unpaired) electrons. The van der Waals surface area contributed by atoms with Crippen molar-refractivity contribution in [1.82, 2.24) is 14.9 Å². The second-order valence-electron chi connectivity index (χ2n) is 17.0. The van der Waals surface area contributed by atoms with E-state index in [0.717, 1.165) is 74.9 Å². The number of likely N-dealkylation sites (tertiary alicyclic amines) is 1. The number of carbonyl (C=O) groups is 2. The van der Waals surface area contributed by atoms with E-state index in [1.165, 1.54) is 11.1 Å². The van der Waals surface area contributed by atoms with Crippen LogP contribution in [0, 0.1) is 18.3 Å². The molecular weight excluding hydrogens is 640 g/mol. The predicted octanol–water partition coefficient (Wildman–Crippen LogP) is 9.16. The lowest BCUT2D eigenvalue weighted by molar-refractivity contribution is -0.124. The molecule has 5 fully saturated rings. The molecule has 274 valence electrons. The Labute approximate surface area is 303 Å². The van der Waals surface area contributed by atoms with Crippen LogP contribution in [0.5, 0.6) is 5.75 Å². The van der Waals surface area contributed by atoms with Crippen LogP contribution in [0.15, 0.2) is 47.2 Å². The summed E-state index contributed by atoms with van der Waals surface area (Å²) >= 11 is 0. The zero-order valence-electron chi connectivity index (χ0n) is 31.5. The number of amides is 2. The first-order chi connectivity index (χ1) is 24.4. The van der Waals surface area contributed by atoms with Crippen molar-refractivity contribution in [2.24, 2.45) is 11.3 Å². The van der Waals surface area contributed by atoms with Crippen LogP contribution >= 0.6 is 0 Å². The molecule has 3 heterocycles. The summed E-state index contributed by atoms with van der Waals surface area (Å²) in [6, 6.07) is 11.0. The van der Waals surface area contributed by atoms with E-state index in [1.807, 2.05) is 21.9 Å². The number of aromatic nitrogens is 2. The van der Waals surface area contributed by atoms with Crippen molar-refractivity contribution in [3.63, 3.8) is 0 Å². The number of methoxy groups -OCH3 is 1. The molecule has 1 aliphatic heterocycles. The van der Waals surface area contributed by atoms with E-state index >= 15 is 0 Å². The van der Waals surface area contributed by atoms with Gasteiger partial charge in [-0.05, 0) is 124 Å². The maximum atomic E-state index is 14.7. The molecule has 3 aromatic rings. The topological polar surface area (TPSA) is 98.0 Å². The molecule has 1 atom stereocenters. The quantitative estimate of drug-likeness (QED) is 0.220. The number of anilines is 1. The standard InChI is InChI=1S/C42H56N4O5/c1-7-32-15-23-45(32)39(48)51-33-11-8-29(9-12-33)37(47)46(36-25-30(14-22-43-36)34-26-50-38(44-34)40(3,4)5)27-41-16-19-42(20-17-41,21-18-41)31-10-13-35(49-6)28(2)24-31/h10,13-14,22,24-26,29,32-33H,7-9,11-12,15-21,23,27H2,1-6H3/t29?,32-,33?,41?,42?/m1/s1. The first kappa shape index (κ1) is 35.5. The van der Waals surface area contributed by atoms with Gasteiger partial charge in [0.25, 0.3) is 0 Å². The van der Waals surface area contributed by atoms with Crippen LogP contribution in [-0.2, 0) is 20.4 Å². The summed E-state index contributed by atoms with van der Waals surface area (Å²) in [5.74, 6) is 2.30. The molecule has 2 amide bonds. The van der Waals surface area contributed by atoms with Gasteiger partial charge in [0, 0.05) is 42.2 Å². The van der Waals surface area contributed by atoms with Gasteiger partial charge in [0.05, 0.1) is 7.11 Å². The average Bonchev–Trinajstić information content (AvgIpc) is 3.63. The molecule has 4 saturated carbocycles. The number of fused-ring (bicyclic) bond motifs is 3. The van der Waals surface area contributed by atoms with E-state index in [4.69, 9.17) is 23.9 Å². The largest absolute Gasteiger partial charge is 0.496 e. The summed E-state index contributed by atoms with van der Waals surface area (Å²) < 4.78 is 17.4. The Kier molecular flexibility index (Phi) is 9.70. The Morgan fingerprint density at radius 1 is 1.00 bits per heavy atom. The minimum Gasteiger partial charge on any atom is -0.496 e. The molecule has 2 bridgehead atoms. The summed E-state index contributed by atoms with van der Waals surface area (Å²) in [6.45, 7) is 11.9. The van der Waals surface area contributed by atoms with Crippen molar-refractivity contribution in [1.29, 1.82) is 0 Å². The summed E-state index contributed by atoms with van der Waals surface area (Å²) in [5, 5.41) is 0. The lowest BCUT2D eigenvalue weighted by Gasteiger charge is -2.55. The van der Waals surface area contributed by atoms with Crippen molar-refractivity contribution in [2.75, 3.05) is 25.1 Å². The minimum atomic E-state index is -0.211. The number of oxazole rings is 1. The Bertz CT molecular complexity index is 1710. The number of hydrogen-bond donors (Lipinski definition) is 0. The van der Waals surface area contributed by atoms with E-state index < -0.39 is 0 Å². The van der Waals surface area contributed by atoms with Crippen molar-refractivity contribution in [3.05, 3.63) is 59.8 Å². The van der Waals surface area contributed by atoms with Crippen molar-refractivity contribution < 1.29 is 23.5 Å². The van der Waals surface area contributed by atoms with Crippen molar-refractivity contribution >= 4 is 17.8 Å². The number of rotatable bonds is 9. The van der Waals surface area contributed by atoms with Gasteiger partial charge in [0.1, 0.15) is 29.6 Å². The van der Waals surface area contributed by atoms with Crippen LogP contribution in [0.2, 0.25) is 0 Å². The van der Waals surface area contributed by atoms with E-state index in [9.17, 15) is 9.59 Å². The molecule has 9 heteroatoms. The SMILES string of the molecule is CC[C@@H]1CCN1C(=O)OC1CCC(C(=O)N(CC23CCC(c4ccc(OC)c(C)c4)(CC2)CC3)c2cc(-c3coc(C(C)(C)C)n3)ccn2)CC1. The second kappa shape index (κ2) is 13.9. The first-order valence-corrected chi connectivity index (χ1v) is 19.3. The molecule has 5 aliphatic rings. The lowest BCUT2D eigenvalue weighted by atomic mass is 9.51. The van der Waals surface area contributed by atoms with Crippen LogP contribution in [0.25, 0.3) is 11.3 Å². The number of nitrogens with zero attached hydrogens (tertiary/aromatic N) is 4. The maximum Gasteiger partial charge on any atom is 0.410 e. The van der Waals surface area contributed by atoms with Crippen LogP contribution in [0.1, 0.15) is 122 Å². The summed E-state index contributed by atoms with van der Waals surface area (Å²) in [7, 11) is 1.73. The number of benzene rings is 1. The minimum absolute atomic E-state index is 0.0453. The fourth-order valence-electron chi connectivity index (χ4n) is 9.19. The number of hydrogen-bond acceptors (Lipinski definition) is 7. The Hall–Kier alpha value is -3.88. The van der Waals surface area contributed by atoms with Gasteiger partial charge >= 0.3 is 6.09 Å². The molecule has 51 heavy (non-hydrogen) atoms. The third-order valence-electron chi connectivity index (χ3n) is 12.8. The van der Waals surface area contributed by atoms with Crippen molar-refractivity contribution in [2.45, 2.75) is 135 Å². The smallest absolute Gasteiger partial charge is 0.410 e. The van der Waals surface area contributed by atoms with Gasteiger partial charge in [0.15, 0.2) is 5.89 Å². The zero-order chi connectivity index (χ0) is 36.0. The third-order valence-corrected chi connectivity index (χ3v) is 12.8. The van der Waals surface area contributed by atoms with Crippen molar-refractivity contribution in [3.8, 4) is 17.0 Å². The maximum absolute atomic E-state index is 14.7. The van der Waals surface area contributed by atoms with Gasteiger partial charge < -0.3 is 18.8 Å². The lowest BCUT2D eigenvalue weighted by Crippen LogP contribution is -2.52. The van der Waals surface area contributed by atoms with E-state index in [-0.39, 0.29) is 40.3 Å². The molecule has 0 N–H and O–H groups in total. The van der Waals surface area contributed by atoms with Crippen LogP contribution in [-0.4, -0.2) is 59.2 Å². The van der Waals surface area contributed by atoms with Gasteiger partial charge in [-0.3, -0.25) is 9.69 Å². The molecule has 0 unspecified atom stereocenters. The van der Waals surface area contributed by atoms with E-state index in [2.05, 4.69) is 52.8 Å².